The summed E-state index contributed by atoms with van der Waals surface area (Å²) in [5, 5.41) is 11.4. The quantitative estimate of drug-likeness (QED) is 0.794. The van der Waals surface area contributed by atoms with Crippen LogP contribution in [0.1, 0.15) is 11.1 Å². The van der Waals surface area contributed by atoms with E-state index in [1.54, 1.807) is 0 Å². The van der Waals surface area contributed by atoms with Gasteiger partial charge in [0, 0.05) is 0 Å². The number of nitrogens with one attached hydrogen (secondary N) is 1. The third kappa shape index (κ3) is 2.76. The van der Waals surface area contributed by atoms with Gasteiger partial charge in [0.2, 0.25) is 0 Å². The fourth-order valence-corrected chi connectivity index (χ4v) is 1.78. The first-order valence-electron chi connectivity index (χ1n) is 5.33. The van der Waals surface area contributed by atoms with Crippen LogP contribution in [0, 0.1) is 17.1 Å². The maximum absolute atomic E-state index is 13.2. The molecule has 0 saturated carbocycles. The van der Waals surface area contributed by atoms with E-state index in [0.29, 0.717) is 6.07 Å². The van der Waals surface area contributed by atoms with Crippen molar-refractivity contribution < 1.29 is 17.6 Å². The molecule has 0 amide bonds. The summed E-state index contributed by atoms with van der Waals surface area (Å²) in [6.07, 6.45) is -0.513. The van der Waals surface area contributed by atoms with Crippen molar-refractivity contribution in [2.24, 2.45) is 0 Å². The SMILES string of the molecule is N#CC1C=C(c2cc(F)ccc2C(F)(F)F)C=CN1. The summed E-state index contributed by atoms with van der Waals surface area (Å²) >= 11 is 0. The Balaban J connectivity index is 2.56. The lowest BCUT2D eigenvalue weighted by Gasteiger charge is -2.17. The second-order valence-corrected chi connectivity index (χ2v) is 3.92. The lowest BCUT2D eigenvalue weighted by Crippen LogP contribution is -2.22. The van der Waals surface area contributed by atoms with Gasteiger partial charge in [-0.15, -0.1) is 0 Å². The fourth-order valence-electron chi connectivity index (χ4n) is 1.78. The number of benzene rings is 1. The highest BCUT2D eigenvalue weighted by atomic mass is 19.4. The summed E-state index contributed by atoms with van der Waals surface area (Å²) in [5.41, 5.74) is -1.04. The number of alkyl halides is 3. The number of nitriles is 1. The van der Waals surface area contributed by atoms with Crippen LogP contribution in [0.25, 0.3) is 5.57 Å². The van der Waals surface area contributed by atoms with E-state index in [4.69, 9.17) is 5.26 Å². The lowest BCUT2D eigenvalue weighted by atomic mass is 9.96. The zero-order valence-corrected chi connectivity index (χ0v) is 9.50. The Hall–Kier alpha value is -2.29. The molecule has 19 heavy (non-hydrogen) atoms. The van der Waals surface area contributed by atoms with Crippen LogP contribution < -0.4 is 5.32 Å². The standard InChI is InChI=1S/C13H8F4N2/c14-9-1-2-12(13(15,16)17)11(6-9)8-3-4-19-10(5-8)7-18/h1-6,10,19H. The molecule has 0 aliphatic carbocycles. The number of dihydropyridines is 1. The topological polar surface area (TPSA) is 35.8 Å². The molecule has 1 aliphatic heterocycles. The minimum Gasteiger partial charge on any atom is -0.373 e. The largest absolute Gasteiger partial charge is 0.417 e. The van der Waals surface area contributed by atoms with Crippen LogP contribution in [0.2, 0.25) is 0 Å². The summed E-state index contributed by atoms with van der Waals surface area (Å²) in [6.45, 7) is 0. The first kappa shape index (κ1) is 13.1. The predicted molar refractivity (Wildman–Crippen MR) is 61.1 cm³/mol. The summed E-state index contributed by atoms with van der Waals surface area (Å²) in [6, 6.07) is 3.41. The van der Waals surface area contributed by atoms with Crippen LogP contribution in [-0.2, 0) is 6.18 Å². The van der Waals surface area contributed by atoms with E-state index in [2.05, 4.69) is 5.32 Å². The van der Waals surface area contributed by atoms with Crippen LogP contribution in [0.4, 0.5) is 17.6 Å². The Morgan fingerprint density at radius 3 is 2.63 bits per heavy atom. The highest BCUT2D eigenvalue weighted by molar-refractivity contribution is 5.78. The van der Waals surface area contributed by atoms with Gasteiger partial charge in [-0.25, -0.2) is 4.39 Å². The molecule has 1 N–H and O–H groups in total. The monoisotopic (exact) mass is 268 g/mol. The molecule has 0 aromatic heterocycles. The zero-order chi connectivity index (χ0) is 14.0. The van der Waals surface area contributed by atoms with Crippen molar-refractivity contribution in [3.63, 3.8) is 0 Å². The maximum Gasteiger partial charge on any atom is 0.417 e. The number of halogens is 4. The number of hydrogen-bond donors (Lipinski definition) is 1. The second kappa shape index (κ2) is 4.76. The van der Waals surface area contributed by atoms with Gasteiger partial charge in [-0.3, -0.25) is 0 Å². The van der Waals surface area contributed by atoms with E-state index in [9.17, 15) is 17.6 Å². The third-order valence-electron chi connectivity index (χ3n) is 2.62. The number of nitrogens with zero attached hydrogens (tertiary/aromatic N) is 1. The van der Waals surface area contributed by atoms with Crippen LogP contribution in [-0.4, -0.2) is 6.04 Å². The van der Waals surface area contributed by atoms with Crippen molar-refractivity contribution in [2.75, 3.05) is 0 Å². The van der Waals surface area contributed by atoms with Crippen molar-refractivity contribution >= 4 is 5.57 Å². The van der Waals surface area contributed by atoms with Crippen molar-refractivity contribution in [3.05, 3.63) is 53.5 Å². The molecule has 0 saturated heterocycles. The average Bonchev–Trinajstić information content (AvgIpc) is 2.37. The molecule has 2 nitrogen and oxygen atoms in total. The minimum absolute atomic E-state index is 0.164. The second-order valence-electron chi connectivity index (χ2n) is 3.92. The van der Waals surface area contributed by atoms with Gasteiger partial charge in [-0.2, -0.15) is 18.4 Å². The molecule has 98 valence electrons. The molecular weight excluding hydrogens is 260 g/mol. The molecule has 2 rings (SSSR count). The predicted octanol–water partition coefficient (Wildman–Crippen LogP) is 3.24. The van der Waals surface area contributed by atoms with Crippen molar-refractivity contribution in [2.45, 2.75) is 12.2 Å². The molecule has 1 atom stereocenters. The van der Waals surface area contributed by atoms with E-state index in [0.717, 1.165) is 12.1 Å². The fraction of sp³-hybridized carbons (Fsp3) is 0.154. The highest BCUT2D eigenvalue weighted by Crippen LogP contribution is 2.36. The van der Waals surface area contributed by atoms with Gasteiger partial charge in [0.1, 0.15) is 11.9 Å². The minimum atomic E-state index is -4.58. The molecule has 0 bridgehead atoms. The van der Waals surface area contributed by atoms with Crippen LogP contribution >= 0.6 is 0 Å². The van der Waals surface area contributed by atoms with E-state index in [1.807, 2.05) is 6.07 Å². The van der Waals surface area contributed by atoms with Gasteiger partial charge in [0.25, 0.3) is 0 Å². The number of hydrogen-bond acceptors (Lipinski definition) is 2. The van der Waals surface area contributed by atoms with Gasteiger partial charge in [-0.05, 0) is 47.7 Å². The summed E-state index contributed by atoms with van der Waals surface area (Å²) in [5.74, 6) is -0.760. The molecule has 1 aromatic rings. The Kier molecular flexibility index (Phi) is 3.30. The number of allylic oxidation sites excluding steroid dienone is 2. The normalized spacial score (nSPS) is 18.5. The average molecular weight is 268 g/mol. The Morgan fingerprint density at radius 1 is 1.26 bits per heavy atom. The molecule has 0 spiro atoms. The van der Waals surface area contributed by atoms with Crippen LogP contribution in [0.15, 0.2) is 36.6 Å². The first-order valence-corrected chi connectivity index (χ1v) is 5.33. The molecule has 1 heterocycles. The molecular formula is C13H8F4N2. The van der Waals surface area contributed by atoms with Gasteiger partial charge >= 0.3 is 6.18 Å². The molecule has 1 aromatic carbocycles. The third-order valence-corrected chi connectivity index (χ3v) is 2.62. The smallest absolute Gasteiger partial charge is 0.373 e. The van der Waals surface area contributed by atoms with Crippen LogP contribution in [0.5, 0.6) is 0 Å². The van der Waals surface area contributed by atoms with Crippen molar-refractivity contribution in [3.8, 4) is 6.07 Å². The van der Waals surface area contributed by atoms with Gasteiger partial charge in [0.05, 0.1) is 11.6 Å². The Bertz CT molecular complexity index is 594. The first-order chi connectivity index (χ1) is 8.91. The molecule has 0 fully saturated rings. The van der Waals surface area contributed by atoms with Gasteiger partial charge in [0.15, 0.2) is 0 Å². The van der Waals surface area contributed by atoms with E-state index < -0.39 is 23.6 Å². The summed E-state index contributed by atoms with van der Waals surface area (Å²) in [4.78, 5) is 0. The Morgan fingerprint density at radius 2 is 2.00 bits per heavy atom. The molecule has 1 unspecified atom stereocenters. The van der Waals surface area contributed by atoms with E-state index in [1.165, 1.54) is 18.4 Å². The Labute approximate surface area is 106 Å². The summed E-state index contributed by atoms with van der Waals surface area (Å²) in [7, 11) is 0. The van der Waals surface area contributed by atoms with Gasteiger partial charge < -0.3 is 5.32 Å². The lowest BCUT2D eigenvalue weighted by molar-refractivity contribution is -0.137. The highest BCUT2D eigenvalue weighted by Gasteiger charge is 2.34. The summed E-state index contributed by atoms with van der Waals surface area (Å²) < 4.78 is 51.7. The van der Waals surface area contributed by atoms with Crippen LogP contribution in [0.3, 0.4) is 0 Å². The van der Waals surface area contributed by atoms with Gasteiger partial charge in [-0.1, -0.05) is 0 Å². The molecule has 6 heteroatoms. The van der Waals surface area contributed by atoms with E-state index in [-0.39, 0.29) is 11.1 Å². The zero-order valence-electron chi connectivity index (χ0n) is 9.50. The molecule has 1 aliphatic rings. The molecule has 0 radical (unpaired) electrons. The maximum atomic E-state index is 13.2. The number of rotatable bonds is 1. The van der Waals surface area contributed by atoms with E-state index >= 15 is 0 Å². The van der Waals surface area contributed by atoms with Crippen molar-refractivity contribution in [1.29, 1.82) is 5.26 Å². The van der Waals surface area contributed by atoms with Crippen molar-refractivity contribution in [1.82, 2.24) is 5.32 Å².